The first-order valence-electron chi connectivity index (χ1n) is 7.71. The lowest BCUT2D eigenvalue weighted by atomic mass is 10.1. The number of methoxy groups -OCH3 is 2. The average molecular weight is 419 g/mol. The molecular formula is C19H19BrN2O4. The Morgan fingerprint density at radius 3 is 2.38 bits per heavy atom. The van der Waals surface area contributed by atoms with Gasteiger partial charge in [-0.3, -0.25) is 20.4 Å². The fourth-order valence-electron chi connectivity index (χ4n) is 2.14. The van der Waals surface area contributed by atoms with Gasteiger partial charge in [-0.05, 0) is 48.4 Å². The lowest BCUT2D eigenvalue weighted by Crippen LogP contribution is -2.40. The van der Waals surface area contributed by atoms with Gasteiger partial charge in [0.25, 0.3) is 11.8 Å². The molecule has 2 N–H and O–H groups in total. The number of halogens is 1. The van der Waals surface area contributed by atoms with E-state index in [1.165, 1.54) is 26.4 Å². The van der Waals surface area contributed by atoms with Gasteiger partial charge in [0.15, 0.2) is 11.5 Å². The summed E-state index contributed by atoms with van der Waals surface area (Å²) in [6.07, 6.45) is 2.99. The predicted molar refractivity (Wildman–Crippen MR) is 103 cm³/mol. The summed E-state index contributed by atoms with van der Waals surface area (Å²) in [6, 6.07) is 10.5. The highest BCUT2D eigenvalue weighted by atomic mass is 79.9. The van der Waals surface area contributed by atoms with Crippen LogP contribution < -0.4 is 20.3 Å². The van der Waals surface area contributed by atoms with Gasteiger partial charge >= 0.3 is 0 Å². The third-order valence-corrected chi connectivity index (χ3v) is 4.20. The van der Waals surface area contributed by atoms with Crippen molar-refractivity contribution in [1.82, 2.24) is 10.9 Å². The van der Waals surface area contributed by atoms with Crippen molar-refractivity contribution < 1.29 is 19.1 Å². The Bertz CT molecular complexity index is 849. The van der Waals surface area contributed by atoms with E-state index in [-0.39, 0.29) is 0 Å². The van der Waals surface area contributed by atoms with Crippen molar-refractivity contribution in [2.75, 3.05) is 14.2 Å². The maximum Gasteiger partial charge on any atom is 0.269 e. The monoisotopic (exact) mass is 418 g/mol. The maximum absolute atomic E-state index is 12.1. The van der Waals surface area contributed by atoms with Gasteiger partial charge in [-0.1, -0.05) is 28.1 Å². The van der Waals surface area contributed by atoms with Gasteiger partial charge in [-0.25, -0.2) is 0 Å². The van der Waals surface area contributed by atoms with E-state index in [9.17, 15) is 9.59 Å². The van der Waals surface area contributed by atoms with Crippen LogP contribution in [0.15, 0.2) is 46.9 Å². The van der Waals surface area contributed by atoms with Crippen LogP contribution in [0.2, 0.25) is 0 Å². The Morgan fingerprint density at radius 1 is 1.00 bits per heavy atom. The lowest BCUT2D eigenvalue weighted by molar-refractivity contribution is -0.117. The van der Waals surface area contributed by atoms with Crippen LogP contribution in [0.5, 0.6) is 11.5 Å². The van der Waals surface area contributed by atoms with E-state index in [2.05, 4.69) is 26.8 Å². The summed E-state index contributed by atoms with van der Waals surface area (Å²) < 4.78 is 11.2. The summed E-state index contributed by atoms with van der Waals surface area (Å²) >= 11 is 3.44. The minimum absolute atomic E-state index is 0.327. The van der Waals surface area contributed by atoms with Gasteiger partial charge in [-0.15, -0.1) is 0 Å². The van der Waals surface area contributed by atoms with Gasteiger partial charge < -0.3 is 9.47 Å². The summed E-state index contributed by atoms with van der Waals surface area (Å²) in [5.41, 5.74) is 6.98. The molecule has 0 bridgehead atoms. The number of ether oxygens (including phenoxy) is 2. The molecule has 0 aliphatic rings. The number of hydrogen-bond donors (Lipinski definition) is 2. The van der Waals surface area contributed by atoms with Gasteiger partial charge in [0.1, 0.15) is 0 Å². The molecule has 0 saturated heterocycles. The Labute approximate surface area is 160 Å². The van der Waals surface area contributed by atoms with E-state index in [0.29, 0.717) is 17.1 Å². The van der Waals surface area contributed by atoms with Crippen LogP contribution in [0.1, 0.15) is 21.5 Å². The van der Waals surface area contributed by atoms with E-state index >= 15 is 0 Å². The first-order chi connectivity index (χ1) is 12.4. The van der Waals surface area contributed by atoms with Crippen LogP contribution in [0, 0.1) is 6.92 Å². The second-order valence-corrected chi connectivity index (χ2v) is 6.23. The van der Waals surface area contributed by atoms with Crippen molar-refractivity contribution in [2.24, 2.45) is 0 Å². The molecule has 2 aromatic rings. The molecule has 0 aliphatic carbocycles. The molecule has 0 unspecified atom stereocenters. The number of hydrazine groups is 1. The summed E-state index contributed by atoms with van der Waals surface area (Å²) in [7, 11) is 2.99. The largest absolute Gasteiger partial charge is 0.493 e. The van der Waals surface area contributed by atoms with E-state index in [1.807, 2.05) is 25.1 Å². The van der Waals surface area contributed by atoms with Gasteiger partial charge in [0.05, 0.1) is 14.2 Å². The van der Waals surface area contributed by atoms with E-state index in [1.54, 1.807) is 18.2 Å². The number of rotatable bonds is 5. The van der Waals surface area contributed by atoms with E-state index in [4.69, 9.17) is 9.47 Å². The second kappa shape index (κ2) is 9.05. The lowest BCUT2D eigenvalue weighted by Gasteiger charge is -2.10. The molecule has 0 fully saturated rings. The second-order valence-electron chi connectivity index (χ2n) is 5.37. The molecule has 136 valence electrons. The molecule has 0 aliphatic heterocycles. The van der Waals surface area contributed by atoms with Crippen LogP contribution in [-0.4, -0.2) is 26.0 Å². The zero-order chi connectivity index (χ0) is 19.1. The number of carbonyl (C=O) groups is 2. The third kappa shape index (κ3) is 5.10. The fourth-order valence-corrected chi connectivity index (χ4v) is 2.77. The molecule has 2 amide bonds. The van der Waals surface area contributed by atoms with Crippen molar-refractivity contribution in [3.63, 3.8) is 0 Å². The summed E-state index contributed by atoms with van der Waals surface area (Å²) in [4.78, 5) is 24.0. The molecular weight excluding hydrogens is 400 g/mol. The molecule has 2 aromatic carbocycles. The number of benzene rings is 2. The SMILES string of the molecule is COc1ccc(C(=O)NNC(=O)/C=C/c2ccc(C)cc2Br)cc1OC. The molecule has 26 heavy (non-hydrogen) atoms. The Balaban J connectivity index is 1.96. The summed E-state index contributed by atoms with van der Waals surface area (Å²) in [5.74, 6) is 0.0193. The van der Waals surface area contributed by atoms with Crippen molar-refractivity contribution in [3.8, 4) is 11.5 Å². The number of aryl methyl sites for hydroxylation is 1. The minimum Gasteiger partial charge on any atom is -0.493 e. The molecule has 7 heteroatoms. The van der Waals surface area contributed by atoms with Gasteiger partial charge in [0, 0.05) is 16.1 Å². The first-order valence-corrected chi connectivity index (χ1v) is 8.50. The zero-order valence-corrected chi connectivity index (χ0v) is 16.2. The molecule has 0 aromatic heterocycles. The number of hydrogen-bond acceptors (Lipinski definition) is 4. The molecule has 0 radical (unpaired) electrons. The Morgan fingerprint density at radius 2 is 1.73 bits per heavy atom. The number of nitrogens with one attached hydrogen (secondary N) is 2. The molecule has 0 heterocycles. The predicted octanol–water partition coefficient (Wildman–Crippen LogP) is 3.25. The fraction of sp³-hybridized carbons (Fsp3) is 0.158. The molecule has 6 nitrogen and oxygen atoms in total. The van der Waals surface area contributed by atoms with Crippen LogP contribution in [0.4, 0.5) is 0 Å². The number of carbonyl (C=O) groups excluding carboxylic acids is 2. The van der Waals surface area contributed by atoms with Crippen molar-refractivity contribution in [3.05, 3.63) is 63.6 Å². The van der Waals surface area contributed by atoms with Crippen LogP contribution in [0.3, 0.4) is 0 Å². The van der Waals surface area contributed by atoms with Gasteiger partial charge in [0.2, 0.25) is 0 Å². The topological polar surface area (TPSA) is 76.7 Å². The van der Waals surface area contributed by atoms with Crippen LogP contribution in [-0.2, 0) is 4.79 Å². The zero-order valence-electron chi connectivity index (χ0n) is 14.6. The third-order valence-electron chi connectivity index (χ3n) is 3.52. The first kappa shape index (κ1) is 19.5. The summed E-state index contributed by atoms with van der Waals surface area (Å²) in [5, 5.41) is 0. The van der Waals surface area contributed by atoms with Gasteiger partial charge in [-0.2, -0.15) is 0 Å². The summed E-state index contributed by atoms with van der Waals surface area (Å²) in [6.45, 7) is 1.98. The van der Waals surface area contributed by atoms with E-state index in [0.717, 1.165) is 15.6 Å². The van der Waals surface area contributed by atoms with Crippen molar-refractivity contribution >= 4 is 33.8 Å². The molecule has 0 saturated carbocycles. The smallest absolute Gasteiger partial charge is 0.269 e. The normalized spacial score (nSPS) is 10.5. The highest BCUT2D eigenvalue weighted by molar-refractivity contribution is 9.10. The quantitative estimate of drug-likeness (QED) is 0.576. The van der Waals surface area contributed by atoms with E-state index < -0.39 is 11.8 Å². The molecule has 0 atom stereocenters. The van der Waals surface area contributed by atoms with Crippen molar-refractivity contribution in [1.29, 1.82) is 0 Å². The van der Waals surface area contributed by atoms with Crippen molar-refractivity contribution in [2.45, 2.75) is 6.92 Å². The molecule has 2 rings (SSSR count). The Hall–Kier alpha value is -2.80. The Kier molecular flexibility index (Phi) is 6.80. The minimum atomic E-state index is -0.468. The highest BCUT2D eigenvalue weighted by Gasteiger charge is 2.11. The maximum atomic E-state index is 12.1. The van der Waals surface area contributed by atoms with Crippen LogP contribution >= 0.6 is 15.9 Å². The number of amides is 2. The van der Waals surface area contributed by atoms with Crippen LogP contribution in [0.25, 0.3) is 6.08 Å². The highest BCUT2D eigenvalue weighted by Crippen LogP contribution is 2.27. The molecule has 0 spiro atoms. The average Bonchev–Trinajstić information content (AvgIpc) is 2.64. The standard InChI is InChI=1S/C19H19BrN2O4/c1-12-4-5-13(15(20)10-12)7-9-18(23)21-22-19(24)14-6-8-16(25-2)17(11-14)26-3/h4-11H,1-3H3,(H,21,23)(H,22,24)/b9-7+.